The number of hydrogen-bond donors (Lipinski definition) is 1. The molecule has 6 nitrogen and oxygen atoms in total. The summed E-state index contributed by atoms with van der Waals surface area (Å²) in [6, 6.07) is 9.66. The van der Waals surface area contributed by atoms with Crippen LogP contribution in [0.25, 0.3) is 10.9 Å². The number of nitrogens with zero attached hydrogens (tertiary/aromatic N) is 3. The van der Waals surface area contributed by atoms with E-state index in [0.29, 0.717) is 28.1 Å². The quantitative estimate of drug-likeness (QED) is 0.752. The highest BCUT2D eigenvalue weighted by Gasteiger charge is 2.32. The predicted molar refractivity (Wildman–Crippen MR) is 96.1 cm³/mol. The molecule has 1 aromatic carbocycles. The zero-order chi connectivity index (χ0) is 19.0. The number of anilines is 1. The van der Waals surface area contributed by atoms with Crippen LogP contribution in [0.1, 0.15) is 29.0 Å². The largest absolute Gasteiger partial charge is 0.307 e. The van der Waals surface area contributed by atoms with E-state index in [2.05, 4.69) is 15.3 Å². The SMILES string of the molecule is O=C(Nc1ccccn1)c1ccc2c(=O)n3c(nc2c1)CCC(F)(F)CC3. The zero-order valence-corrected chi connectivity index (χ0v) is 14.3. The van der Waals surface area contributed by atoms with Crippen molar-refractivity contribution in [2.45, 2.75) is 31.7 Å². The summed E-state index contributed by atoms with van der Waals surface area (Å²) in [5, 5.41) is 2.96. The van der Waals surface area contributed by atoms with Crippen molar-refractivity contribution in [1.29, 1.82) is 0 Å². The van der Waals surface area contributed by atoms with Crippen LogP contribution in [0.3, 0.4) is 0 Å². The lowest BCUT2D eigenvalue weighted by atomic mass is 10.1. The van der Waals surface area contributed by atoms with Crippen molar-refractivity contribution in [2.75, 3.05) is 5.32 Å². The van der Waals surface area contributed by atoms with Gasteiger partial charge in [0, 0.05) is 37.6 Å². The summed E-state index contributed by atoms with van der Waals surface area (Å²) in [6.45, 7) is -0.0635. The molecule has 0 spiro atoms. The normalized spacial score (nSPS) is 15.8. The molecule has 2 aromatic heterocycles. The average Bonchev–Trinajstić information content (AvgIpc) is 2.81. The maximum atomic E-state index is 13.7. The number of aromatic nitrogens is 3. The lowest BCUT2D eigenvalue weighted by Gasteiger charge is -2.11. The second-order valence-electron chi connectivity index (χ2n) is 6.49. The number of pyridine rings is 1. The molecule has 138 valence electrons. The van der Waals surface area contributed by atoms with Gasteiger partial charge in [0.05, 0.1) is 10.9 Å². The summed E-state index contributed by atoms with van der Waals surface area (Å²) in [5.74, 6) is -2.47. The van der Waals surface area contributed by atoms with Crippen molar-refractivity contribution in [1.82, 2.24) is 14.5 Å². The fourth-order valence-corrected chi connectivity index (χ4v) is 3.15. The number of nitrogens with one attached hydrogen (secondary N) is 1. The molecular weight excluding hydrogens is 354 g/mol. The maximum Gasteiger partial charge on any atom is 0.261 e. The highest BCUT2D eigenvalue weighted by molar-refractivity contribution is 6.05. The minimum atomic E-state index is -2.81. The van der Waals surface area contributed by atoms with Crippen molar-refractivity contribution in [3.8, 4) is 0 Å². The third-order valence-electron chi connectivity index (χ3n) is 4.62. The molecule has 1 amide bonds. The second-order valence-corrected chi connectivity index (χ2v) is 6.49. The number of hydrogen-bond acceptors (Lipinski definition) is 4. The van der Waals surface area contributed by atoms with Gasteiger partial charge in [-0.3, -0.25) is 14.2 Å². The Morgan fingerprint density at radius 3 is 2.81 bits per heavy atom. The van der Waals surface area contributed by atoms with Crippen molar-refractivity contribution in [3.05, 3.63) is 64.3 Å². The van der Waals surface area contributed by atoms with Gasteiger partial charge in [-0.25, -0.2) is 18.7 Å². The van der Waals surface area contributed by atoms with Gasteiger partial charge in [0.1, 0.15) is 11.6 Å². The molecule has 1 aliphatic heterocycles. The molecule has 1 N–H and O–H groups in total. The summed E-state index contributed by atoms with van der Waals surface area (Å²) in [7, 11) is 0. The third-order valence-corrected chi connectivity index (χ3v) is 4.62. The first kappa shape index (κ1) is 17.3. The molecular formula is C19H16F2N4O2. The third kappa shape index (κ3) is 3.42. The smallest absolute Gasteiger partial charge is 0.261 e. The lowest BCUT2D eigenvalue weighted by Crippen LogP contribution is -2.25. The van der Waals surface area contributed by atoms with E-state index in [-0.39, 0.29) is 37.3 Å². The molecule has 3 aromatic rings. The van der Waals surface area contributed by atoms with Gasteiger partial charge < -0.3 is 5.32 Å². The van der Waals surface area contributed by atoms with Gasteiger partial charge in [-0.15, -0.1) is 0 Å². The van der Waals surface area contributed by atoms with Crippen LogP contribution in [0.5, 0.6) is 0 Å². The van der Waals surface area contributed by atoms with E-state index in [9.17, 15) is 18.4 Å². The van der Waals surface area contributed by atoms with Crippen LogP contribution in [0.4, 0.5) is 14.6 Å². The number of fused-ring (bicyclic) bond motifs is 2. The second kappa shape index (κ2) is 6.53. The monoisotopic (exact) mass is 370 g/mol. The molecule has 0 bridgehead atoms. The van der Waals surface area contributed by atoms with Gasteiger partial charge in [0.25, 0.3) is 11.5 Å². The molecule has 8 heteroatoms. The van der Waals surface area contributed by atoms with E-state index in [4.69, 9.17) is 0 Å². The van der Waals surface area contributed by atoms with Crippen LogP contribution in [-0.2, 0) is 13.0 Å². The number of aryl methyl sites for hydroxylation is 1. The number of benzene rings is 1. The van der Waals surface area contributed by atoms with E-state index in [1.54, 1.807) is 24.4 Å². The standard InChI is InChI=1S/C19H16F2N4O2/c20-19(21)7-6-16-23-14-11-12(17(26)24-15-3-1-2-9-22-15)4-5-13(14)18(27)25(16)10-8-19/h1-5,9,11H,6-8,10H2,(H,22,24,26). The first-order chi connectivity index (χ1) is 12.9. The Morgan fingerprint density at radius 2 is 2.04 bits per heavy atom. The molecule has 0 atom stereocenters. The molecule has 0 saturated heterocycles. The first-order valence-corrected chi connectivity index (χ1v) is 8.57. The molecule has 1 aliphatic rings. The highest BCUT2D eigenvalue weighted by Crippen LogP contribution is 2.28. The van der Waals surface area contributed by atoms with Crippen LogP contribution in [0.2, 0.25) is 0 Å². The summed E-state index contributed by atoms with van der Waals surface area (Å²) >= 11 is 0. The van der Waals surface area contributed by atoms with Gasteiger partial charge in [0.15, 0.2) is 0 Å². The number of carbonyl (C=O) groups is 1. The molecule has 0 fully saturated rings. The number of carbonyl (C=O) groups excluding carboxylic acids is 1. The Balaban J connectivity index is 1.71. The van der Waals surface area contributed by atoms with Crippen LogP contribution in [0, 0.1) is 0 Å². The summed E-state index contributed by atoms with van der Waals surface area (Å²) in [5.41, 5.74) is 0.276. The Hall–Kier alpha value is -3.16. The Morgan fingerprint density at radius 1 is 1.19 bits per heavy atom. The molecule has 27 heavy (non-hydrogen) atoms. The van der Waals surface area contributed by atoms with Gasteiger partial charge in [-0.2, -0.15) is 0 Å². The van der Waals surface area contributed by atoms with Crippen LogP contribution >= 0.6 is 0 Å². The Labute approximate surface area is 152 Å². The maximum absolute atomic E-state index is 13.7. The highest BCUT2D eigenvalue weighted by atomic mass is 19.3. The Kier molecular flexibility index (Phi) is 4.18. The lowest BCUT2D eigenvalue weighted by molar-refractivity contribution is -0.0153. The number of amides is 1. The Bertz CT molecular complexity index is 1080. The average molecular weight is 370 g/mol. The van der Waals surface area contributed by atoms with Crippen molar-refractivity contribution >= 4 is 22.6 Å². The van der Waals surface area contributed by atoms with Crippen molar-refractivity contribution in [2.24, 2.45) is 0 Å². The molecule has 3 heterocycles. The van der Waals surface area contributed by atoms with E-state index in [1.807, 2.05) is 0 Å². The fourth-order valence-electron chi connectivity index (χ4n) is 3.15. The van der Waals surface area contributed by atoms with E-state index in [0.717, 1.165) is 0 Å². The van der Waals surface area contributed by atoms with Crippen molar-refractivity contribution < 1.29 is 13.6 Å². The summed E-state index contributed by atoms with van der Waals surface area (Å²) in [6.07, 6.45) is 0.856. The summed E-state index contributed by atoms with van der Waals surface area (Å²) in [4.78, 5) is 33.5. The fraction of sp³-hybridized carbons (Fsp3) is 0.263. The van der Waals surface area contributed by atoms with E-state index in [1.165, 1.54) is 22.8 Å². The number of alkyl halides is 2. The van der Waals surface area contributed by atoms with Crippen LogP contribution in [0.15, 0.2) is 47.4 Å². The van der Waals surface area contributed by atoms with Crippen LogP contribution in [-0.4, -0.2) is 26.4 Å². The molecule has 0 aliphatic carbocycles. The van der Waals surface area contributed by atoms with Crippen LogP contribution < -0.4 is 10.9 Å². The van der Waals surface area contributed by atoms with Gasteiger partial charge in [0.2, 0.25) is 5.92 Å². The van der Waals surface area contributed by atoms with Crippen molar-refractivity contribution in [3.63, 3.8) is 0 Å². The summed E-state index contributed by atoms with van der Waals surface area (Å²) < 4.78 is 28.7. The van der Waals surface area contributed by atoms with Gasteiger partial charge >= 0.3 is 0 Å². The van der Waals surface area contributed by atoms with Gasteiger partial charge in [-0.1, -0.05) is 6.07 Å². The minimum Gasteiger partial charge on any atom is -0.307 e. The number of halogens is 2. The van der Waals surface area contributed by atoms with Gasteiger partial charge in [-0.05, 0) is 30.3 Å². The molecule has 0 unspecified atom stereocenters. The zero-order valence-electron chi connectivity index (χ0n) is 14.3. The van der Waals surface area contributed by atoms with E-state index >= 15 is 0 Å². The molecule has 0 saturated carbocycles. The van der Waals surface area contributed by atoms with E-state index < -0.39 is 5.92 Å². The number of rotatable bonds is 2. The minimum absolute atomic E-state index is 0.0164. The first-order valence-electron chi connectivity index (χ1n) is 8.57. The predicted octanol–water partition coefficient (Wildman–Crippen LogP) is 3.02. The molecule has 0 radical (unpaired) electrons. The molecule has 4 rings (SSSR count). The topological polar surface area (TPSA) is 76.9 Å².